The second kappa shape index (κ2) is 4.59. The zero-order chi connectivity index (χ0) is 13.2. The number of hydrogen-bond donors (Lipinski definition) is 1. The summed E-state index contributed by atoms with van der Waals surface area (Å²) in [5, 5.41) is 1.74. The van der Waals surface area contributed by atoms with Gasteiger partial charge in [0.05, 0.1) is 17.2 Å². The molecule has 2 aromatic rings. The van der Waals surface area contributed by atoms with Gasteiger partial charge < -0.3 is 5.32 Å². The number of halogens is 3. The Kier molecular flexibility index (Phi) is 3.14. The van der Waals surface area contributed by atoms with Gasteiger partial charge >= 0.3 is 6.18 Å². The van der Waals surface area contributed by atoms with Gasteiger partial charge in [0.15, 0.2) is 0 Å². The molecular formula is C11H8F3N3O. The first-order chi connectivity index (χ1) is 8.46. The molecule has 0 radical (unpaired) electrons. The lowest BCUT2D eigenvalue weighted by molar-refractivity contribution is -0.123. The molecule has 0 atom stereocenters. The van der Waals surface area contributed by atoms with Gasteiger partial charge in [-0.05, 0) is 12.1 Å². The normalized spacial score (nSPS) is 11.5. The van der Waals surface area contributed by atoms with Crippen molar-refractivity contribution < 1.29 is 18.0 Å². The number of alkyl halides is 3. The second-order valence-electron chi connectivity index (χ2n) is 3.54. The van der Waals surface area contributed by atoms with E-state index in [9.17, 15) is 18.0 Å². The molecule has 1 heterocycles. The van der Waals surface area contributed by atoms with Gasteiger partial charge in [-0.25, -0.2) is 4.98 Å². The van der Waals surface area contributed by atoms with Gasteiger partial charge in [0.2, 0.25) is 0 Å². The second-order valence-corrected chi connectivity index (χ2v) is 3.54. The molecule has 1 N–H and O–H groups in total. The van der Waals surface area contributed by atoms with Crippen LogP contribution in [-0.2, 0) is 0 Å². The highest BCUT2D eigenvalue weighted by Gasteiger charge is 2.28. The van der Waals surface area contributed by atoms with Gasteiger partial charge in [-0.15, -0.1) is 0 Å². The number of para-hydroxylation sites is 2. The van der Waals surface area contributed by atoms with E-state index >= 15 is 0 Å². The van der Waals surface area contributed by atoms with Crippen molar-refractivity contribution in [3.63, 3.8) is 0 Å². The molecular weight excluding hydrogens is 247 g/mol. The molecule has 0 fully saturated rings. The van der Waals surface area contributed by atoms with Crippen molar-refractivity contribution in [1.82, 2.24) is 15.3 Å². The minimum absolute atomic E-state index is 0.141. The van der Waals surface area contributed by atoms with Crippen LogP contribution in [0.4, 0.5) is 13.2 Å². The highest BCUT2D eigenvalue weighted by atomic mass is 19.4. The fourth-order valence-electron chi connectivity index (χ4n) is 1.34. The topological polar surface area (TPSA) is 54.9 Å². The number of amides is 1. The maximum absolute atomic E-state index is 11.9. The van der Waals surface area contributed by atoms with E-state index in [0.29, 0.717) is 11.0 Å². The maximum Gasteiger partial charge on any atom is 0.405 e. The van der Waals surface area contributed by atoms with E-state index in [2.05, 4.69) is 9.97 Å². The number of carbonyl (C=O) groups is 1. The molecule has 2 rings (SSSR count). The SMILES string of the molecule is O=C(NCC(F)(F)F)c1cnc2ccccc2n1. The van der Waals surface area contributed by atoms with E-state index < -0.39 is 18.6 Å². The van der Waals surface area contributed by atoms with Crippen molar-refractivity contribution in [2.75, 3.05) is 6.54 Å². The average molecular weight is 255 g/mol. The van der Waals surface area contributed by atoms with E-state index in [0.717, 1.165) is 6.20 Å². The van der Waals surface area contributed by atoms with Crippen molar-refractivity contribution in [2.45, 2.75) is 6.18 Å². The van der Waals surface area contributed by atoms with Gasteiger partial charge in [0, 0.05) is 0 Å². The Labute approximate surface area is 99.9 Å². The van der Waals surface area contributed by atoms with E-state index in [1.807, 2.05) is 0 Å². The number of rotatable bonds is 2. The molecule has 94 valence electrons. The van der Waals surface area contributed by atoms with E-state index in [4.69, 9.17) is 0 Å². The Morgan fingerprint density at radius 2 is 1.89 bits per heavy atom. The lowest BCUT2D eigenvalue weighted by Crippen LogP contribution is -2.34. The maximum atomic E-state index is 11.9. The smallest absolute Gasteiger partial charge is 0.342 e. The first-order valence-electron chi connectivity index (χ1n) is 5.02. The minimum Gasteiger partial charge on any atom is -0.342 e. The van der Waals surface area contributed by atoms with Crippen molar-refractivity contribution in [3.05, 3.63) is 36.2 Å². The molecule has 0 unspecified atom stereocenters. The van der Waals surface area contributed by atoms with Gasteiger partial charge in [0.1, 0.15) is 12.2 Å². The number of benzene rings is 1. The van der Waals surface area contributed by atoms with Crippen LogP contribution in [0.25, 0.3) is 11.0 Å². The Morgan fingerprint density at radius 3 is 2.56 bits per heavy atom. The predicted octanol–water partition coefficient (Wildman–Crippen LogP) is 1.92. The van der Waals surface area contributed by atoms with Crippen LogP contribution >= 0.6 is 0 Å². The predicted molar refractivity (Wildman–Crippen MR) is 57.9 cm³/mol. The van der Waals surface area contributed by atoms with Crippen LogP contribution in [0.2, 0.25) is 0 Å². The zero-order valence-electron chi connectivity index (χ0n) is 9.03. The molecule has 0 aliphatic carbocycles. The van der Waals surface area contributed by atoms with Crippen LogP contribution in [0.1, 0.15) is 10.5 Å². The van der Waals surface area contributed by atoms with Gasteiger partial charge in [-0.2, -0.15) is 13.2 Å². The van der Waals surface area contributed by atoms with Crippen LogP contribution in [0, 0.1) is 0 Å². The number of aromatic nitrogens is 2. The molecule has 1 aromatic carbocycles. The molecule has 0 aliphatic heterocycles. The van der Waals surface area contributed by atoms with Crippen LogP contribution < -0.4 is 5.32 Å². The van der Waals surface area contributed by atoms with Gasteiger partial charge in [0.25, 0.3) is 5.91 Å². The highest BCUT2D eigenvalue weighted by Crippen LogP contribution is 2.13. The summed E-state index contributed by atoms with van der Waals surface area (Å²) in [7, 11) is 0. The Bertz CT molecular complexity index is 583. The molecule has 0 bridgehead atoms. The Morgan fingerprint density at radius 1 is 1.22 bits per heavy atom. The van der Waals surface area contributed by atoms with E-state index in [1.165, 1.54) is 0 Å². The van der Waals surface area contributed by atoms with Gasteiger partial charge in [-0.3, -0.25) is 9.78 Å². The molecule has 0 saturated carbocycles. The molecule has 0 spiro atoms. The van der Waals surface area contributed by atoms with Crippen molar-refractivity contribution in [2.24, 2.45) is 0 Å². The first kappa shape index (κ1) is 12.3. The van der Waals surface area contributed by atoms with Crippen LogP contribution in [0.15, 0.2) is 30.5 Å². The average Bonchev–Trinajstić information content (AvgIpc) is 2.34. The monoisotopic (exact) mass is 255 g/mol. The van der Waals surface area contributed by atoms with E-state index in [1.54, 1.807) is 29.6 Å². The lowest BCUT2D eigenvalue weighted by atomic mass is 10.3. The highest BCUT2D eigenvalue weighted by molar-refractivity contribution is 5.93. The van der Waals surface area contributed by atoms with Crippen LogP contribution in [0.5, 0.6) is 0 Å². The van der Waals surface area contributed by atoms with Crippen LogP contribution in [0.3, 0.4) is 0 Å². The third-order valence-electron chi connectivity index (χ3n) is 2.13. The standard InChI is InChI=1S/C11H8F3N3O/c12-11(13,14)6-16-10(18)9-5-15-7-3-1-2-4-8(7)17-9/h1-5H,6H2,(H,16,18). The van der Waals surface area contributed by atoms with Gasteiger partial charge in [-0.1, -0.05) is 12.1 Å². The zero-order valence-corrected chi connectivity index (χ0v) is 9.03. The molecule has 4 nitrogen and oxygen atoms in total. The summed E-state index contributed by atoms with van der Waals surface area (Å²) in [6, 6.07) is 6.78. The summed E-state index contributed by atoms with van der Waals surface area (Å²) >= 11 is 0. The molecule has 0 saturated heterocycles. The third kappa shape index (κ3) is 2.93. The number of nitrogens with zero attached hydrogens (tertiary/aromatic N) is 2. The Hall–Kier alpha value is -2.18. The molecule has 1 aromatic heterocycles. The summed E-state index contributed by atoms with van der Waals surface area (Å²) in [6.45, 7) is -1.39. The molecule has 0 aliphatic rings. The number of hydrogen-bond acceptors (Lipinski definition) is 3. The number of nitrogens with one attached hydrogen (secondary N) is 1. The largest absolute Gasteiger partial charge is 0.405 e. The fraction of sp³-hybridized carbons (Fsp3) is 0.182. The molecule has 18 heavy (non-hydrogen) atoms. The lowest BCUT2D eigenvalue weighted by Gasteiger charge is -2.07. The summed E-state index contributed by atoms with van der Waals surface area (Å²) in [5.74, 6) is -0.898. The quantitative estimate of drug-likeness (QED) is 0.892. The van der Waals surface area contributed by atoms with Crippen molar-refractivity contribution in [3.8, 4) is 0 Å². The molecule has 1 amide bonds. The van der Waals surface area contributed by atoms with Crippen molar-refractivity contribution >= 4 is 16.9 Å². The van der Waals surface area contributed by atoms with Crippen molar-refractivity contribution in [1.29, 1.82) is 0 Å². The molecule has 7 heteroatoms. The number of fused-ring (bicyclic) bond motifs is 1. The fourth-order valence-corrected chi connectivity index (χ4v) is 1.34. The summed E-state index contributed by atoms with van der Waals surface area (Å²) in [5.41, 5.74) is 0.889. The first-order valence-corrected chi connectivity index (χ1v) is 5.02. The number of carbonyl (C=O) groups excluding carboxylic acids is 1. The summed E-state index contributed by atoms with van der Waals surface area (Å²) in [4.78, 5) is 19.3. The Balaban J connectivity index is 2.18. The third-order valence-corrected chi connectivity index (χ3v) is 2.13. The summed E-state index contributed by atoms with van der Waals surface area (Å²) in [6.07, 6.45) is -3.30. The van der Waals surface area contributed by atoms with Crippen LogP contribution in [-0.4, -0.2) is 28.6 Å². The van der Waals surface area contributed by atoms with E-state index in [-0.39, 0.29) is 5.69 Å². The summed E-state index contributed by atoms with van der Waals surface area (Å²) < 4.78 is 35.8. The minimum atomic E-state index is -4.44.